The molecule has 1 amide bonds. The zero-order chi connectivity index (χ0) is 23.8. The predicted octanol–water partition coefficient (Wildman–Crippen LogP) is 6.61. The summed E-state index contributed by atoms with van der Waals surface area (Å²) in [5.74, 6) is 2.39. The van der Waals surface area contributed by atoms with Crippen LogP contribution in [0, 0.1) is 29.5 Å². The van der Waals surface area contributed by atoms with Gasteiger partial charge in [0.15, 0.2) is 0 Å². The van der Waals surface area contributed by atoms with E-state index in [4.69, 9.17) is 4.74 Å². The van der Waals surface area contributed by atoms with E-state index >= 15 is 0 Å². The van der Waals surface area contributed by atoms with E-state index in [0.717, 1.165) is 62.6 Å². The molecule has 5 heteroatoms. The molecule has 1 saturated heterocycles. The largest absolute Gasteiger partial charge is 0.446 e. The molecule has 1 N–H and O–H groups in total. The number of halogens is 1. The Morgan fingerprint density at radius 2 is 1.94 bits per heavy atom. The van der Waals surface area contributed by atoms with Crippen LogP contribution in [-0.4, -0.2) is 43.8 Å². The van der Waals surface area contributed by atoms with E-state index in [-0.39, 0.29) is 29.9 Å². The molecule has 4 nitrogen and oxygen atoms in total. The lowest BCUT2D eigenvalue weighted by Gasteiger charge is -2.41. The lowest BCUT2D eigenvalue weighted by atomic mass is 9.71. The molecule has 1 aromatic rings. The molecule has 1 aliphatic heterocycles. The van der Waals surface area contributed by atoms with Gasteiger partial charge in [0.05, 0.1) is 0 Å². The minimum atomic E-state index is -0.355. The highest BCUT2D eigenvalue weighted by Crippen LogP contribution is 2.46. The molecule has 33 heavy (non-hydrogen) atoms. The fraction of sp³-hybridized carbons (Fsp3) is 0.750. The number of amides is 1. The number of nitrogens with zero attached hydrogens (tertiary/aromatic N) is 1. The molecule has 1 saturated carbocycles. The van der Waals surface area contributed by atoms with Crippen molar-refractivity contribution in [3.63, 3.8) is 0 Å². The van der Waals surface area contributed by atoms with E-state index in [9.17, 15) is 9.18 Å². The van der Waals surface area contributed by atoms with Crippen LogP contribution in [0.25, 0.3) is 0 Å². The molecule has 0 spiro atoms. The Kier molecular flexibility index (Phi) is 10.0. The van der Waals surface area contributed by atoms with Gasteiger partial charge in [-0.2, -0.15) is 0 Å². The lowest BCUT2D eigenvalue weighted by Crippen LogP contribution is -2.41. The number of ether oxygens (including phenoxy) is 1. The van der Waals surface area contributed by atoms with E-state index in [2.05, 4.69) is 37.1 Å². The molecule has 2 aliphatic rings. The third-order valence-electron chi connectivity index (χ3n) is 8.33. The molecule has 0 aromatic heterocycles. The fourth-order valence-corrected chi connectivity index (χ4v) is 6.26. The highest BCUT2D eigenvalue weighted by atomic mass is 19.1. The minimum absolute atomic E-state index is 0.0868. The van der Waals surface area contributed by atoms with E-state index in [1.165, 1.54) is 31.9 Å². The van der Waals surface area contributed by atoms with Crippen LogP contribution in [0.15, 0.2) is 24.3 Å². The summed E-state index contributed by atoms with van der Waals surface area (Å²) in [5.41, 5.74) is 1.08. The smallest absolute Gasteiger partial charge is 0.407 e. The standard InChI is InChI=1S/C28H45FN2O2/c1-5-20(3)17-21(6-2)19-31-15-13-22(14-16-31)27(23-9-7-10-24(29)18-23)25-11-8-12-26(25)33-28(32)30-4/h7,9-10,18,20-22,25-27H,5-6,8,11-17,19H2,1-4H3,(H,30,32). The number of carbonyl (C=O) groups is 1. The fourth-order valence-electron chi connectivity index (χ4n) is 6.26. The zero-order valence-electron chi connectivity index (χ0n) is 21.2. The Labute approximate surface area is 200 Å². The maximum Gasteiger partial charge on any atom is 0.407 e. The first kappa shape index (κ1) is 26.0. The van der Waals surface area contributed by atoms with Crippen molar-refractivity contribution >= 4 is 6.09 Å². The van der Waals surface area contributed by atoms with Gasteiger partial charge in [0.25, 0.3) is 0 Å². The van der Waals surface area contributed by atoms with Gasteiger partial charge in [-0.15, -0.1) is 0 Å². The third kappa shape index (κ3) is 7.18. The average molecular weight is 461 g/mol. The van der Waals surface area contributed by atoms with Gasteiger partial charge < -0.3 is 15.0 Å². The van der Waals surface area contributed by atoms with Gasteiger partial charge in [0.1, 0.15) is 11.9 Å². The highest BCUT2D eigenvalue weighted by Gasteiger charge is 2.41. The highest BCUT2D eigenvalue weighted by molar-refractivity contribution is 5.66. The van der Waals surface area contributed by atoms with Gasteiger partial charge in [0.2, 0.25) is 0 Å². The molecule has 3 rings (SSSR count). The summed E-state index contributed by atoms with van der Waals surface area (Å²) < 4.78 is 20.0. The molecule has 1 heterocycles. The van der Waals surface area contributed by atoms with Crippen molar-refractivity contribution in [3.05, 3.63) is 35.6 Å². The monoisotopic (exact) mass is 460 g/mol. The number of carbonyl (C=O) groups excluding carboxylic acids is 1. The SMILES string of the molecule is CCC(C)CC(CC)CN1CCC(C(c2cccc(F)c2)C2CCCC2OC(=O)NC)CC1. The zero-order valence-corrected chi connectivity index (χ0v) is 21.2. The second-order valence-electron chi connectivity index (χ2n) is 10.5. The Morgan fingerprint density at radius 3 is 2.58 bits per heavy atom. The van der Waals surface area contributed by atoms with Gasteiger partial charge in [-0.25, -0.2) is 9.18 Å². The Hall–Kier alpha value is -1.62. The summed E-state index contributed by atoms with van der Waals surface area (Å²) >= 11 is 0. The quantitative estimate of drug-likeness (QED) is 0.427. The lowest BCUT2D eigenvalue weighted by molar-refractivity contribution is 0.0506. The molecular weight excluding hydrogens is 415 g/mol. The van der Waals surface area contributed by atoms with Crippen LogP contribution in [0.1, 0.15) is 83.6 Å². The van der Waals surface area contributed by atoms with E-state index in [1.807, 2.05) is 6.07 Å². The summed E-state index contributed by atoms with van der Waals surface area (Å²) in [7, 11) is 1.61. The van der Waals surface area contributed by atoms with Crippen molar-refractivity contribution in [2.45, 2.75) is 84.2 Å². The first-order valence-corrected chi connectivity index (χ1v) is 13.3. The van der Waals surface area contributed by atoms with E-state index in [1.54, 1.807) is 13.1 Å². The molecule has 5 unspecified atom stereocenters. The van der Waals surface area contributed by atoms with Crippen molar-refractivity contribution in [1.29, 1.82) is 0 Å². The maximum absolute atomic E-state index is 14.2. The van der Waals surface area contributed by atoms with Crippen LogP contribution in [0.5, 0.6) is 0 Å². The first-order chi connectivity index (χ1) is 15.9. The number of alkyl carbamates (subject to hydrolysis) is 1. The first-order valence-electron chi connectivity index (χ1n) is 13.3. The van der Waals surface area contributed by atoms with Gasteiger partial charge in [-0.3, -0.25) is 0 Å². The topological polar surface area (TPSA) is 41.6 Å². The molecule has 1 aliphatic carbocycles. The van der Waals surface area contributed by atoms with Crippen molar-refractivity contribution in [1.82, 2.24) is 10.2 Å². The Bertz CT molecular complexity index is 734. The Balaban J connectivity index is 1.70. The van der Waals surface area contributed by atoms with Crippen LogP contribution in [0.4, 0.5) is 9.18 Å². The molecule has 5 atom stereocenters. The van der Waals surface area contributed by atoms with Gasteiger partial charge in [-0.05, 0) is 93.0 Å². The Morgan fingerprint density at radius 1 is 1.18 bits per heavy atom. The summed E-state index contributed by atoms with van der Waals surface area (Å²) in [6.45, 7) is 10.4. The third-order valence-corrected chi connectivity index (χ3v) is 8.33. The normalized spacial score (nSPS) is 24.9. The summed E-state index contributed by atoms with van der Waals surface area (Å²) in [5, 5.41) is 2.60. The van der Waals surface area contributed by atoms with Crippen LogP contribution in [0.3, 0.4) is 0 Å². The predicted molar refractivity (Wildman–Crippen MR) is 133 cm³/mol. The molecule has 0 radical (unpaired) electrons. The summed E-state index contributed by atoms with van der Waals surface area (Å²) in [6.07, 6.45) is 8.64. The second kappa shape index (κ2) is 12.7. The number of piperidine rings is 1. The summed E-state index contributed by atoms with van der Waals surface area (Å²) in [4.78, 5) is 14.6. The number of likely N-dealkylation sites (tertiary alicyclic amines) is 1. The number of hydrogen-bond donors (Lipinski definition) is 1. The van der Waals surface area contributed by atoms with E-state index < -0.39 is 0 Å². The molecule has 0 bridgehead atoms. The van der Waals surface area contributed by atoms with Crippen LogP contribution >= 0.6 is 0 Å². The van der Waals surface area contributed by atoms with Gasteiger partial charge in [0, 0.05) is 19.5 Å². The van der Waals surface area contributed by atoms with E-state index in [0.29, 0.717) is 5.92 Å². The van der Waals surface area contributed by atoms with Crippen LogP contribution in [-0.2, 0) is 4.74 Å². The van der Waals surface area contributed by atoms with Crippen molar-refractivity contribution < 1.29 is 13.9 Å². The number of hydrogen-bond acceptors (Lipinski definition) is 3. The molecule has 186 valence electrons. The van der Waals surface area contributed by atoms with Crippen molar-refractivity contribution in [2.75, 3.05) is 26.7 Å². The van der Waals surface area contributed by atoms with Crippen molar-refractivity contribution in [2.24, 2.45) is 23.7 Å². The second-order valence-corrected chi connectivity index (χ2v) is 10.5. The summed E-state index contributed by atoms with van der Waals surface area (Å²) in [6, 6.07) is 7.15. The molecular formula is C28H45FN2O2. The molecule has 2 fully saturated rings. The van der Waals surface area contributed by atoms with Crippen LogP contribution in [0.2, 0.25) is 0 Å². The van der Waals surface area contributed by atoms with Gasteiger partial charge in [-0.1, -0.05) is 45.7 Å². The van der Waals surface area contributed by atoms with Crippen molar-refractivity contribution in [3.8, 4) is 0 Å². The van der Waals surface area contributed by atoms with Gasteiger partial charge >= 0.3 is 6.09 Å². The number of rotatable bonds is 10. The number of benzene rings is 1. The minimum Gasteiger partial charge on any atom is -0.446 e. The maximum atomic E-state index is 14.2. The van der Waals surface area contributed by atoms with Crippen LogP contribution < -0.4 is 5.32 Å². The number of nitrogens with one attached hydrogen (secondary N) is 1. The molecule has 1 aromatic carbocycles. The average Bonchev–Trinajstić information content (AvgIpc) is 3.27.